The molecule has 0 radical (unpaired) electrons. The number of hydrogen-bond acceptors (Lipinski definition) is 0. The van der Waals surface area contributed by atoms with Crippen LogP contribution in [0.5, 0.6) is 0 Å². The third-order valence-corrected chi connectivity index (χ3v) is 3.44. The molecule has 0 atom stereocenters. The van der Waals surface area contributed by atoms with Gasteiger partial charge in [0.15, 0.2) is 0 Å². The molecule has 21 heavy (non-hydrogen) atoms. The van der Waals surface area contributed by atoms with Crippen LogP contribution in [-0.4, -0.2) is 0 Å². The fourth-order valence-corrected chi connectivity index (χ4v) is 2.37. The second-order valence-corrected chi connectivity index (χ2v) is 6.63. The standard InChI is InChI=1S/C21H22/c1-6-17-7-11-19(12-8-17)16(2)20-13-9-18(10-14-20)15-21(3,4)5/h1,7-14H,2,15H2,3-5H3. The fraction of sp³-hybridized carbons (Fsp3) is 0.238. The van der Waals surface area contributed by atoms with Gasteiger partial charge in [0.2, 0.25) is 0 Å². The fourth-order valence-electron chi connectivity index (χ4n) is 2.37. The lowest BCUT2D eigenvalue weighted by Gasteiger charge is -2.18. The molecule has 0 unspecified atom stereocenters. The molecule has 0 nitrogen and oxygen atoms in total. The molecule has 0 spiro atoms. The van der Waals surface area contributed by atoms with Gasteiger partial charge in [-0.05, 0) is 46.2 Å². The van der Waals surface area contributed by atoms with Crippen LogP contribution in [0.3, 0.4) is 0 Å². The van der Waals surface area contributed by atoms with E-state index in [-0.39, 0.29) is 0 Å². The van der Waals surface area contributed by atoms with E-state index in [1.165, 1.54) is 5.56 Å². The molecule has 0 aliphatic rings. The highest BCUT2D eigenvalue weighted by molar-refractivity contribution is 5.78. The third-order valence-electron chi connectivity index (χ3n) is 3.44. The van der Waals surface area contributed by atoms with Crippen molar-refractivity contribution >= 4 is 5.57 Å². The lowest BCUT2D eigenvalue weighted by molar-refractivity contribution is 0.411. The van der Waals surface area contributed by atoms with E-state index in [1.54, 1.807) is 0 Å². The SMILES string of the molecule is C#Cc1ccc(C(=C)c2ccc(CC(C)(C)C)cc2)cc1. The van der Waals surface area contributed by atoms with Gasteiger partial charge in [-0.2, -0.15) is 0 Å². The van der Waals surface area contributed by atoms with E-state index in [0.717, 1.165) is 28.7 Å². The van der Waals surface area contributed by atoms with E-state index < -0.39 is 0 Å². The van der Waals surface area contributed by atoms with Gasteiger partial charge < -0.3 is 0 Å². The zero-order chi connectivity index (χ0) is 15.5. The molecule has 0 N–H and O–H groups in total. The summed E-state index contributed by atoms with van der Waals surface area (Å²) in [5.74, 6) is 2.63. The Bertz CT molecular complexity index is 656. The van der Waals surface area contributed by atoms with Gasteiger partial charge in [0, 0.05) is 5.56 Å². The summed E-state index contributed by atoms with van der Waals surface area (Å²) in [6, 6.07) is 16.7. The Kier molecular flexibility index (Phi) is 4.34. The smallest absolute Gasteiger partial charge is 0.0243 e. The van der Waals surface area contributed by atoms with Gasteiger partial charge in [-0.25, -0.2) is 0 Å². The van der Waals surface area contributed by atoms with Gasteiger partial charge in [0.1, 0.15) is 0 Å². The summed E-state index contributed by atoms with van der Waals surface area (Å²) in [5.41, 5.74) is 5.86. The van der Waals surface area contributed by atoms with Crippen molar-refractivity contribution in [2.75, 3.05) is 0 Å². The number of benzene rings is 2. The summed E-state index contributed by atoms with van der Waals surface area (Å²) in [7, 11) is 0. The molecule has 0 heteroatoms. The molecular formula is C21H22. The topological polar surface area (TPSA) is 0 Å². The van der Waals surface area contributed by atoms with Crippen molar-refractivity contribution in [1.82, 2.24) is 0 Å². The Balaban J connectivity index is 2.18. The second kappa shape index (κ2) is 6.02. The minimum Gasteiger partial charge on any atom is -0.115 e. The highest BCUT2D eigenvalue weighted by Gasteiger charge is 2.11. The molecule has 0 amide bonds. The third kappa shape index (κ3) is 4.10. The molecule has 0 aliphatic heterocycles. The Morgan fingerprint density at radius 1 is 0.952 bits per heavy atom. The zero-order valence-corrected chi connectivity index (χ0v) is 13.1. The normalized spacial score (nSPS) is 11.0. The summed E-state index contributed by atoms with van der Waals surface area (Å²) in [4.78, 5) is 0. The number of hydrogen-bond donors (Lipinski definition) is 0. The molecule has 106 valence electrons. The molecule has 0 heterocycles. The average molecular weight is 274 g/mol. The minimum absolute atomic E-state index is 0.309. The van der Waals surface area contributed by atoms with Crippen molar-refractivity contribution in [3.8, 4) is 12.3 Å². The first kappa shape index (κ1) is 15.1. The highest BCUT2D eigenvalue weighted by atomic mass is 14.2. The van der Waals surface area contributed by atoms with Crippen molar-refractivity contribution in [1.29, 1.82) is 0 Å². The maximum atomic E-state index is 5.38. The lowest BCUT2D eigenvalue weighted by atomic mass is 9.87. The van der Waals surface area contributed by atoms with Crippen molar-refractivity contribution < 1.29 is 0 Å². The Labute approximate surface area is 128 Å². The van der Waals surface area contributed by atoms with Crippen LogP contribution in [0.15, 0.2) is 55.1 Å². The summed E-state index contributed by atoms with van der Waals surface area (Å²) in [6.45, 7) is 11.0. The first-order chi connectivity index (χ1) is 9.89. The van der Waals surface area contributed by atoms with Gasteiger partial charge in [0.05, 0.1) is 0 Å². The average Bonchev–Trinajstić information content (AvgIpc) is 2.46. The van der Waals surface area contributed by atoms with Gasteiger partial charge in [-0.15, -0.1) is 6.42 Å². The van der Waals surface area contributed by atoms with Gasteiger partial charge in [0.25, 0.3) is 0 Å². The van der Waals surface area contributed by atoms with Crippen molar-refractivity contribution in [2.24, 2.45) is 5.41 Å². The van der Waals surface area contributed by atoms with Crippen LogP contribution in [0.25, 0.3) is 5.57 Å². The van der Waals surface area contributed by atoms with Crippen LogP contribution >= 0.6 is 0 Å². The highest BCUT2D eigenvalue weighted by Crippen LogP contribution is 2.25. The molecule has 0 aromatic heterocycles. The number of terminal acetylenes is 1. The summed E-state index contributed by atoms with van der Waals surface area (Å²) < 4.78 is 0. The molecule has 2 aromatic carbocycles. The largest absolute Gasteiger partial charge is 0.115 e. The molecule has 2 aromatic rings. The lowest BCUT2D eigenvalue weighted by Crippen LogP contribution is -2.08. The zero-order valence-electron chi connectivity index (χ0n) is 13.1. The first-order valence-electron chi connectivity index (χ1n) is 7.24. The van der Waals surface area contributed by atoms with Crippen LogP contribution in [0.4, 0.5) is 0 Å². The monoisotopic (exact) mass is 274 g/mol. The van der Waals surface area contributed by atoms with E-state index in [1.807, 2.05) is 24.3 Å². The van der Waals surface area contributed by atoms with E-state index in [4.69, 9.17) is 6.42 Å². The van der Waals surface area contributed by atoms with Gasteiger partial charge in [-0.3, -0.25) is 0 Å². The van der Waals surface area contributed by atoms with Gasteiger partial charge >= 0.3 is 0 Å². The van der Waals surface area contributed by atoms with Crippen LogP contribution in [0, 0.1) is 17.8 Å². The van der Waals surface area contributed by atoms with E-state index in [9.17, 15) is 0 Å². The Morgan fingerprint density at radius 3 is 1.86 bits per heavy atom. The molecule has 0 aliphatic carbocycles. The first-order valence-corrected chi connectivity index (χ1v) is 7.24. The summed E-state index contributed by atoms with van der Waals surface area (Å²) in [5, 5.41) is 0. The van der Waals surface area contributed by atoms with Crippen LogP contribution < -0.4 is 0 Å². The quantitative estimate of drug-likeness (QED) is 0.665. The molecule has 0 saturated carbocycles. The summed E-state index contributed by atoms with van der Waals surface area (Å²) in [6.07, 6.45) is 6.46. The van der Waals surface area contributed by atoms with E-state index in [2.05, 4.69) is 57.5 Å². The van der Waals surface area contributed by atoms with E-state index in [0.29, 0.717) is 5.41 Å². The molecule has 0 saturated heterocycles. The molecular weight excluding hydrogens is 252 g/mol. The van der Waals surface area contributed by atoms with Crippen molar-refractivity contribution in [2.45, 2.75) is 27.2 Å². The predicted octanol–water partition coefficient (Wildman–Crippen LogP) is 5.32. The molecule has 2 rings (SSSR count). The maximum Gasteiger partial charge on any atom is 0.0243 e. The van der Waals surface area contributed by atoms with Crippen molar-refractivity contribution in [3.05, 3.63) is 77.4 Å². The van der Waals surface area contributed by atoms with Crippen molar-refractivity contribution in [3.63, 3.8) is 0 Å². The Morgan fingerprint density at radius 2 is 1.43 bits per heavy atom. The maximum absolute atomic E-state index is 5.38. The van der Waals surface area contributed by atoms with Crippen LogP contribution in [0.1, 0.15) is 43.0 Å². The summed E-state index contributed by atoms with van der Waals surface area (Å²) >= 11 is 0. The minimum atomic E-state index is 0.309. The Hall–Kier alpha value is -2.26. The second-order valence-electron chi connectivity index (χ2n) is 6.63. The molecule has 0 fully saturated rings. The number of rotatable bonds is 3. The molecule has 0 bridgehead atoms. The van der Waals surface area contributed by atoms with E-state index >= 15 is 0 Å². The van der Waals surface area contributed by atoms with Crippen LogP contribution in [-0.2, 0) is 6.42 Å². The predicted molar refractivity (Wildman–Crippen MR) is 92.1 cm³/mol. The van der Waals surface area contributed by atoms with Gasteiger partial charge in [-0.1, -0.05) is 69.7 Å². The van der Waals surface area contributed by atoms with Crippen LogP contribution in [0.2, 0.25) is 0 Å².